The van der Waals surface area contributed by atoms with E-state index in [1.165, 1.54) is 0 Å². The summed E-state index contributed by atoms with van der Waals surface area (Å²) >= 11 is 0. The lowest BCUT2D eigenvalue weighted by Crippen LogP contribution is -2.36. The van der Waals surface area contributed by atoms with Crippen molar-refractivity contribution in [3.8, 4) is 0 Å². The van der Waals surface area contributed by atoms with Gasteiger partial charge in [0, 0.05) is 17.3 Å². The van der Waals surface area contributed by atoms with Gasteiger partial charge in [0.25, 0.3) is 0 Å². The summed E-state index contributed by atoms with van der Waals surface area (Å²) in [4.78, 5) is 40.7. The highest BCUT2D eigenvalue weighted by Crippen LogP contribution is 2.43. The smallest absolute Gasteiger partial charge is 0.230 e. The largest absolute Gasteiger partial charge is 0.324 e. The molecule has 0 atom stereocenters. The SMILES string of the molecule is CC1(C(=O)Nc2c(NC(=O)C3CCC(C(C)(C)C)CC3)cccc2NC(=O)C2CCC(C(C)(C)C)CC2)CCCCC1. The normalized spacial score (nSPS) is 26.6. The molecule has 6 heteroatoms. The molecule has 3 saturated carbocycles. The highest BCUT2D eigenvalue weighted by atomic mass is 16.2. The van der Waals surface area contributed by atoms with Gasteiger partial charge in [0.1, 0.15) is 0 Å². The summed E-state index contributed by atoms with van der Waals surface area (Å²) in [6.45, 7) is 15.8. The average molecular weight is 580 g/mol. The lowest BCUT2D eigenvalue weighted by molar-refractivity contribution is -0.126. The van der Waals surface area contributed by atoms with Crippen molar-refractivity contribution in [1.29, 1.82) is 0 Å². The van der Waals surface area contributed by atoms with Crippen molar-refractivity contribution in [3.63, 3.8) is 0 Å². The third kappa shape index (κ3) is 7.96. The van der Waals surface area contributed by atoms with Crippen LogP contribution in [0.3, 0.4) is 0 Å². The molecule has 3 aliphatic rings. The number of benzene rings is 1. The number of carbonyl (C=O) groups is 3. The number of hydrogen-bond acceptors (Lipinski definition) is 3. The quantitative estimate of drug-likeness (QED) is 0.314. The third-order valence-corrected chi connectivity index (χ3v) is 11.0. The number of rotatable bonds is 6. The molecule has 0 unspecified atom stereocenters. The highest BCUT2D eigenvalue weighted by molar-refractivity contribution is 6.08. The van der Waals surface area contributed by atoms with E-state index >= 15 is 0 Å². The number of nitrogens with one attached hydrogen (secondary N) is 3. The van der Waals surface area contributed by atoms with Crippen molar-refractivity contribution in [2.45, 2.75) is 132 Å². The highest BCUT2D eigenvalue weighted by Gasteiger charge is 2.37. The number of carbonyl (C=O) groups excluding carboxylic acids is 3. The van der Waals surface area contributed by atoms with E-state index in [0.29, 0.717) is 28.9 Å². The standard InChI is InChI=1S/C36H57N3O3/c1-34(2,3)26-18-14-24(15-19-26)31(40)37-28-12-11-13-29(30(28)39-33(42)36(7)22-9-8-10-23-36)38-32(41)25-16-20-27(21-17-25)35(4,5)6/h11-13,24-27H,8-10,14-23H2,1-7H3,(H,37,40)(H,38,41)(H,39,42). The Bertz CT molecular complexity index is 1040. The first-order chi connectivity index (χ1) is 19.7. The first-order valence-corrected chi connectivity index (χ1v) is 16.7. The van der Waals surface area contributed by atoms with Crippen LogP contribution in [0, 0.1) is 39.9 Å². The van der Waals surface area contributed by atoms with Crippen LogP contribution in [0.5, 0.6) is 0 Å². The second-order valence-electron chi connectivity index (χ2n) is 16.1. The Morgan fingerprint density at radius 2 is 1.05 bits per heavy atom. The minimum atomic E-state index is -0.451. The first kappa shape index (κ1) is 32.5. The van der Waals surface area contributed by atoms with Crippen LogP contribution in [-0.2, 0) is 14.4 Å². The van der Waals surface area contributed by atoms with Gasteiger partial charge in [0.05, 0.1) is 17.1 Å². The van der Waals surface area contributed by atoms with E-state index in [1.807, 2.05) is 25.1 Å². The molecule has 3 aliphatic carbocycles. The Balaban J connectivity index is 1.52. The van der Waals surface area contributed by atoms with Crippen LogP contribution in [0.1, 0.15) is 132 Å². The fraction of sp³-hybridized carbons (Fsp3) is 0.750. The predicted molar refractivity (Wildman–Crippen MR) is 173 cm³/mol. The van der Waals surface area contributed by atoms with Gasteiger partial charge in [-0.2, -0.15) is 0 Å². The zero-order valence-corrected chi connectivity index (χ0v) is 27.5. The molecular formula is C36H57N3O3. The lowest BCUT2D eigenvalue weighted by atomic mass is 9.69. The average Bonchev–Trinajstić information content (AvgIpc) is 2.94. The van der Waals surface area contributed by atoms with E-state index in [1.54, 1.807) is 0 Å². The molecular weight excluding hydrogens is 522 g/mol. The molecule has 1 aromatic rings. The van der Waals surface area contributed by atoms with Gasteiger partial charge in [0.15, 0.2) is 0 Å². The second-order valence-corrected chi connectivity index (χ2v) is 16.1. The molecule has 0 radical (unpaired) electrons. The summed E-state index contributed by atoms with van der Waals surface area (Å²) < 4.78 is 0. The van der Waals surface area contributed by atoms with Gasteiger partial charge in [-0.05, 0) is 99.0 Å². The fourth-order valence-electron chi connectivity index (χ4n) is 7.63. The minimum absolute atomic E-state index is 0.00529. The number of amides is 3. The molecule has 3 N–H and O–H groups in total. The predicted octanol–water partition coefficient (Wildman–Crippen LogP) is 9.18. The van der Waals surface area contributed by atoms with Crippen molar-refractivity contribution in [3.05, 3.63) is 18.2 Å². The Morgan fingerprint density at radius 3 is 1.43 bits per heavy atom. The van der Waals surface area contributed by atoms with E-state index < -0.39 is 5.41 Å². The van der Waals surface area contributed by atoms with E-state index in [-0.39, 0.29) is 40.4 Å². The number of para-hydroxylation sites is 1. The van der Waals surface area contributed by atoms with Crippen LogP contribution >= 0.6 is 0 Å². The van der Waals surface area contributed by atoms with Crippen molar-refractivity contribution >= 4 is 34.8 Å². The van der Waals surface area contributed by atoms with Crippen LogP contribution in [0.25, 0.3) is 0 Å². The number of hydrogen-bond donors (Lipinski definition) is 3. The fourth-order valence-corrected chi connectivity index (χ4v) is 7.63. The Morgan fingerprint density at radius 1 is 0.643 bits per heavy atom. The maximum absolute atomic E-state index is 13.7. The molecule has 0 bridgehead atoms. The van der Waals surface area contributed by atoms with Crippen LogP contribution in [0.2, 0.25) is 0 Å². The van der Waals surface area contributed by atoms with Gasteiger partial charge in [-0.15, -0.1) is 0 Å². The molecule has 0 heterocycles. The van der Waals surface area contributed by atoms with Gasteiger partial charge in [-0.25, -0.2) is 0 Å². The van der Waals surface area contributed by atoms with E-state index in [2.05, 4.69) is 57.5 Å². The summed E-state index contributed by atoms with van der Waals surface area (Å²) in [5, 5.41) is 9.52. The monoisotopic (exact) mass is 579 g/mol. The minimum Gasteiger partial charge on any atom is -0.324 e. The third-order valence-electron chi connectivity index (χ3n) is 11.0. The number of anilines is 3. The Kier molecular flexibility index (Phi) is 10.1. The summed E-state index contributed by atoms with van der Waals surface area (Å²) in [7, 11) is 0. The summed E-state index contributed by atoms with van der Waals surface area (Å²) in [6, 6.07) is 5.56. The second kappa shape index (κ2) is 13.1. The maximum Gasteiger partial charge on any atom is 0.230 e. The van der Waals surface area contributed by atoms with Gasteiger partial charge < -0.3 is 16.0 Å². The summed E-state index contributed by atoms with van der Waals surface area (Å²) in [5.74, 6) is 1.15. The molecule has 0 aliphatic heterocycles. The molecule has 3 fully saturated rings. The summed E-state index contributed by atoms with van der Waals surface area (Å²) in [6.07, 6.45) is 12.7. The van der Waals surface area contributed by atoms with Crippen LogP contribution in [0.4, 0.5) is 17.1 Å². The zero-order valence-electron chi connectivity index (χ0n) is 27.5. The maximum atomic E-state index is 13.7. The van der Waals surface area contributed by atoms with Gasteiger partial charge >= 0.3 is 0 Å². The van der Waals surface area contributed by atoms with Crippen LogP contribution < -0.4 is 16.0 Å². The van der Waals surface area contributed by atoms with Gasteiger partial charge in [-0.3, -0.25) is 14.4 Å². The summed E-state index contributed by atoms with van der Waals surface area (Å²) in [5.41, 5.74) is 1.72. The zero-order chi connectivity index (χ0) is 30.7. The molecule has 3 amide bonds. The van der Waals surface area contributed by atoms with Crippen molar-refractivity contribution in [1.82, 2.24) is 0 Å². The molecule has 0 aromatic heterocycles. The van der Waals surface area contributed by atoms with Crippen LogP contribution in [-0.4, -0.2) is 17.7 Å². The van der Waals surface area contributed by atoms with E-state index in [4.69, 9.17) is 0 Å². The van der Waals surface area contributed by atoms with Gasteiger partial charge in [0.2, 0.25) is 17.7 Å². The van der Waals surface area contributed by atoms with Crippen molar-refractivity contribution in [2.75, 3.05) is 16.0 Å². The van der Waals surface area contributed by atoms with Gasteiger partial charge in [-0.1, -0.05) is 73.8 Å². The molecule has 6 nitrogen and oxygen atoms in total. The molecule has 42 heavy (non-hydrogen) atoms. The van der Waals surface area contributed by atoms with Crippen LogP contribution in [0.15, 0.2) is 18.2 Å². The lowest BCUT2D eigenvalue weighted by Gasteiger charge is -2.37. The molecule has 0 spiro atoms. The topological polar surface area (TPSA) is 87.3 Å². The van der Waals surface area contributed by atoms with E-state index in [0.717, 1.165) is 83.5 Å². The van der Waals surface area contributed by atoms with Crippen molar-refractivity contribution in [2.24, 2.45) is 39.9 Å². The molecule has 4 rings (SSSR count). The van der Waals surface area contributed by atoms with Crippen molar-refractivity contribution < 1.29 is 14.4 Å². The Labute approximate surface area is 254 Å². The first-order valence-electron chi connectivity index (χ1n) is 16.7. The molecule has 1 aromatic carbocycles. The molecule has 234 valence electrons. The van der Waals surface area contributed by atoms with E-state index in [9.17, 15) is 14.4 Å². The molecule has 0 saturated heterocycles. The Hall–Kier alpha value is -2.37.